The third-order valence-electron chi connectivity index (χ3n) is 3.69. The van der Waals surface area contributed by atoms with E-state index in [0.29, 0.717) is 5.56 Å². The van der Waals surface area contributed by atoms with Crippen molar-refractivity contribution in [3.63, 3.8) is 0 Å². The van der Waals surface area contributed by atoms with Gasteiger partial charge in [-0.05, 0) is 11.1 Å². The Hall–Kier alpha value is -2.23. The number of benzene rings is 2. The number of ether oxygens (including phenoxy) is 1. The van der Waals surface area contributed by atoms with Gasteiger partial charge in [0.1, 0.15) is 12.5 Å². The second kappa shape index (κ2) is 5.28. The quantitative estimate of drug-likeness (QED) is 0.800. The lowest BCUT2D eigenvalue weighted by molar-refractivity contribution is -0.149. The maximum absolute atomic E-state index is 13.8. The van der Waals surface area contributed by atoms with Crippen LogP contribution in [0.2, 0.25) is 0 Å². The monoisotopic (exact) mass is 288 g/mol. The second-order valence-corrected chi connectivity index (χ2v) is 5.13. The van der Waals surface area contributed by atoms with Crippen LogP contribution in [0.4, 0.5) is 8.78 Å². The van der Waals surface area contributed by atoms with Gasteiger partial charge in [0.25, 0.3) is 5.92 Å². The molecule has 2 aromatic carbocycles. The molecular formula is C17H14F2O2. The van der Waals surface area contributed by atoms with Crippen molar-refractivity contribution in [3.05, 3.63) is 71.8 Å². The summed E-state index contributed by atoms with van der Waals surface area (Å²) < 4.78 is 32.7. The first-order valence-electron chi connectivity index (χ1n) is 6.74. The normalized spacial score (nSPS) is 22.6. The molecule has 0 radical (unpaired) electrons. The molecule has 108 valence electrons. The standard InChI is InChI=1S/C17H14F2O2/c18-17(19)14(13-9-5-2-6-10-13)15(17)16(20)21-11-12-7-3-1-4-8-12/h1-10,14-15H,11H2/t14-,15-/m0/s1. The molecular weight excluding hydrogens is 274 g/mol. The SMILES string of the molecule is O=C(OCc1ccccc1)[C@@H]1[C@H](c2ccccc2)C1(F)F. The number of hydrogen-bond acceptors (Lipinski definition) is 2. The van der Waals surface area contributed by atoms with Crippen molar-refractivity contribution < 1.29 is 18.3 Å². The van der Waals surface area contributed by atoms with E-state index in [1.54, 1.807) is 42.5 Å². The van der Waals surface area contributed by atoms with E-state index in [1.807, 2.05) is 18.2 Å². The van der Waals surface area contributed by atoms with E-state index in [9.17, 15) is 13.6 Å². The highest BCUT2D eigenvalue weighted by molar-refractivity contribution is 5.80. The van der Waals surface area contributed by atoms with Crippen LogP contribution < -0.4 is 0 Å². The molecule has 0 aromatic heterocycles. The first-order valence-corrected chi connectivity index (χ1v) is 6.74. The first-order chi connectivity index (χ1) is 10.1. The van der Waals surface area contributed by atoms with E-state index >= 15 is 0 Å². The summed E-state index contributed by atoms with van der Waals surface area (Å²) in [5.74, 6) is -6.29. The van der Waals surface area contributed by atoms with Crippen LogP contribution in [0.3, 0.4) is 0 Å². The Balaban J connectivity index is 1.66. The van der Waals surface area contributed by atoms with Crippen molar-refractivity contribution in [2.75, 3.05) is 0 Å². The summed E-state index contributed by atoms with van der Waals surface area (Å²) in [4.78, 5) is 11.9. The van der Waals surface area contributed by atoms with Gasteiger partial charge in [-0.25, -0.2) is 8.78 Å². The zero-order valence-corrected chi connectivity index (χ0v) is 11.2. The summed E-state index contributed by atoms with van der Waals surface area (Å²) in [5.41, 5.74) is 1.26. The molecule has 1 aliphatic rings. The van der Waals surface area contributed by atoms with Crippen molar-refractivity contribution in [1.29, 1.82) is 0 Å². The third kappa shape index (κ3) is 2.66. The minimum Gasteiger partial charge on any atom is -0.460 e. The lowest BCUT2D eigenvalue weighted by atomic mass is 10.1. The molecule has 0 unspecified atom stereocenters. The molecule has 3 rings (SSSR count). The average Bonchev–Trinajstić information content (AvgIpc) is 3.09. The van der Waals surface area contributed by atoms with Crippen LogP contribution in [-0.2, 0) is 16.1 Å². The van der Waals surface area contributed by atoms with Gasteiger partial charge < -0.3 is 4.74 Å². The molecule has 0 bridgehead atoms. The Morgan fingerprint density at radius 3 is 2.19 bits per heavy atom. The molecule has 1 fully saturated rings. The molecule has 1 saturated carbocycles. The highest BCUT2D eigenvalue weighted by Crippen LogP contribution is 2.61. The minimum absolute atomic E-state index is 0.0216. The zero-order valence-electron chi connectivity index (χ0n) is 11.2. The van der Waals surface area contributed by atoms with Crippen molar-refractivity contribution in [2.24, 2.45) is 5.92 Å². The highest BCUT2D eigenvalue weighted by Gasteiger charge is 2.73. The van der Waals surface area contributed by atoms with Gasteiger partial charge >= 0.3 is 5.97 Å². The minimum atomic E-state index is -3.02. The molecule has 0 amide bonds. The molecule has 2 nitrogen and oxygen atoms in total. The number of carbonyl (C=O) groups is 1. The van der Waals surface area contributed by atoms with Gasteiger partial charge in [-0.15, -0.1) is 0 Å². The fourth-order valence-electron chi connectivity index (χ4n) is 2.51. The Kier molecular flexibility index (Phi) is 3.45. The van der Waals surface area contributed by atoms with Gasteiger partial charge in [0.15, 0.2) is 0 Å². The molecule has 4 heteroatoms. The summed E-state index contributed by atoms with van der Waals surface area (Å²) in [7, 11) is 0. The van der Waals surface area contributed by atoms with E-state index in [-0.39, 0.29) is 6.61 Å². The predicted molar refractivity (Wildman–Crippen MR) is 73.9 cm³/mol. The van der Waals surface area contributed by atoms with E-state index in [4.69, 9.17) is 4.74 Å². The van der Waals surface area contributed by atoms with Crippen LogP contribution in [0, 0.1) is 5.92 Å². The van der Waals surface area contributed by atoms with Crippen LogP contribution in [-0.4, -0.2) is 11.9 Å². The molecule has 0 spiro atoms. The van der Waals surface area contributed by atoms with Crippen LogP contribution >= 0.6 is 0 Å². The molecule has 0 N–H and O–H groups in total. The Bertz CT molecular complexity index is 626. The topological polar surface area (TPSA) is 26.3 Å². The Morgan fingerprint density at radius 2 is 1.57 bits per heavy atom. The van der Waals surface area contributed by atoms with Gasteiger partial charge in [0.2, 0.25) is 0 Å². The van der Waals surface area contributed by atoms with Crippen LogP contribution in [0.25, 0.3) is 0 Å². The largest absolute Gasteiger partial charge is 0.460 e. The van der Waals surface area contributed by atoms with Gasteiger partial charge in [-0.3, -0.25) is 4.79 Å². The lowest BCUT2D eigenvalue weighted by Crippen LogP contribution is -2.11. The summed E-state index contributed by atoms with van der Waals surface area (Å²) in [5, 5.41) is 0. The Morgan fingerprint density at radius 1 is 1.00 bits per heavy atom. The van der Waals surface area contributed by atoms with E-state index in [2.05, 4.69) is 0 Å². The number of rotatable bonds is 4. The number of hydrogen-bond donors (Lipinski definition) is 0. The van der Waals surface area contributed by atoms with Gasteiger partial charge in [-0.2, -0.15) is 0 Å². The van der Waals surface area contributed by atoms with Crippen molar-refractivity contribution in [1.82, 2.24) is 0 Å². The van der Waals surface area contributed by atoms with E-state index in [0.717, 1.165) is 5.56 Å². The fraction of sp³-hybridized carbons (Fsp3) is 0.235. The first kappa shape index (κ1) is 13.7. The maximum Gasteiger partial charge on any atom is 0.316 e. The highest BCUT2D eigenvalue weighted by atomic mass is 19.3. The number of esters is 1. The maximum atomic E-state index is 13.8. The van der Waals surface area contributed by atoms with Crippen molar-refractivity contribution >= 4 is 5.97 Å². The molecule has 0 saturated heterocycles. The molecule has 2 aromatic rings. The van der Waals surface area contributed by atoms with Crippen molar-refractivity contribution in [2.45, 2.75) is 18.4 Å². The summed E-state index contributed by atoms with van der Waals surface area (Å²) in [6.45, 7) is 0.0216. The number of alkyl halides is 2. The summed E-state index contributed by atoms with van der Waals surface area (Å²) in [6.07, 6.45) is 0. The van der Waals surface area contributed by atoms with E-state index in [1.165, 1.54) is 0 Å². The molecule has 0 aliphatic heterocycles. The average molecular weight is 288 g/mol. The van der Waals surface area contributed by atoms with E-state index < -0.39 is 23.7 Å². The summed E-state index contributed by atoms with van der Waals surface area (Å²) in [6, 6.07) is 17.4. The number of carbonyl (C=O) groups excluding carboxylic acids is 1. The molecule has 0 heterocycles. The summed E-state index contributed by atoms with van der Waals surface area (Å²) >= 11 is 0. The van der Waals surface area contributed by atoms with Crippen LogP contribution in [0.1, 0.15) is 17.0 Å². The molecule has 1 aliphatic carbocycles. The third-order valence-corrected chi connectivity index (χ3v) is 3.69. The molecule has 21 heavy (non-hydrogen) atoms. The van der Waals surface area contributed by atoms with Crippen LogP contribution in [0.5, 0.6) is 0 Å². The van der Waals surface area contributed by atoms with Crippen molar-refractivity contribution in [3.8, 4) is 0 Å². The smallest absolute Gasteiger partial charge is 0.316 e. The predicted octanol–water partition coefficient (Wildman–Crippen LogP) is 3.78. The second-order valence-electron chi connectivity index (χ2n) is 5.13. The Labute approximate surface area is 121 Å². The molecule has 2 atom stereocenters. The number of halogens is 2. The van der Waals surface area contributed by atoms with Gasteiger partial charge in [-0.1, -0.05) is 60.7 Å². The van der Waals surface area contributed by atoms with Gasteiger partial charge in [0, 0.05) is 0 Å². The lowest BCUT2D eigenvalue weighted by Gasteiger charge is -2.04. The fourth-order valence-corrected chi connectivity index (χ4v) is 2.51. The van der Waals surface area contributed by atoms with Crippen LogP contribution in [0.15, 0.2) is 60.7 Å². The zero-order chi connectivity index (χ0) is 14.9. The van der Waals surface area contributed by atoms with Gasteiger partial charge in [0.05, 0.1) is 5.92 Å².